The highest BCUT2D eigenvalue weighted by Crippen LogP contribution is 2.11. The first-order valence-electron chi connectivity index (χ1n) is 5.79. The summed E-state index contributed by atoms with van der Waals surface area (Å²) < 4.78 is 3.84. The maximum absolute atomic E-state index is 4.26. The van der Waals surface area contributed by atoms with Gasteiger partial charge in [0.1, 0.15) is 12.2 Å². The minimum absolute atomic E-state index is 0.256. The number of hydrogen-bond acceptors (Lipinski definition) is 4. The molecule has 2 aromatic heterocycles. The van der Waals surface area contributed by atoms with Crippen LogP contribution in [0.4, 0.5) is 0 Å². The molecule has 0 aliphatic rings. The summed E-state index contributed by atoms with van der Waals surface area (Å²) in [5, 5.41) is 15.5. The van der Waals surface area contributed by atoms with E-state index in [0.29, 0.717) is 6.54 Å². The molecule has 0 fully saturated rings. The summed E-state index contributed by atoms with van der Waals surface area (Å²) in [6, 6.07) is 0.256. The van der Waals surface area contributed by atoms with Gasteiger partial charge in [0.2, 0.25) is 0 Å². The molecule has 0 amide bonds. The van der Waals surface area contributed by atoms with Crippen LogP contribution in [-0.4, -0.2) is 24.5 Å². The Labute approximate surface area is 101 Å². The van der Waals surface area contributed by atoms with Gasteiger partial charge >= 0.3 is 0 Å². The number of rotatable bonds is 5. The normalized spacial score (nSPS) is 12.9. The van der Waals surface area contributed by atoms with Crippen LogP contribution >= 0.6 is 0 Å². The lowest BCUT2D eigenvalue weighted by atomic mass is 10.2. The topological polar surface area (TPSA) is 60.6 Å². The molecule has 92 valence electrons. The molecule has 1 unspecified atom stereocenters. The quantitative estimate of drug-likeness (QED) is 0.834. The third-order valence-corrected chi connectivity index (χ3v) is 2.85. The molecule has 0 aromatic carbocycles. The SMILES string of the molecule is CCn1cc(C(C)NCc2nncn2C)cn1. The van der Waals surface area contributed by atoms with E-state index in [9.17, 15) is 0 Å². The predicted octanol–water partition coefficient (Wildman–Crippen LogP) is 0.882. The molecular formula is C11H18N6. The van der Waals surface area contributed by atoms with Gasteiger partial charge < -0.3 is 9.88 Å². The zero-order chi connectivity index (χ0) is 12.3. The smallest absolute Gasteiger partial charge is 0.146 e. The number of nitrogens with zero attached hydrogens (tertiary/aromatic N) is 5. The van der Waals surface area contributed by atoms with Gasteiger partial charge in [-0.1, -0.05) is 0 Å². The van der Waals surface area contributed by atoms with Crippen LogP contribution in [0.25, 0.3) is 0 Å². The molecule has 2 aromatic rings. The summed E-state index contributed by atoms with van der Waals surface area (Å²) in [4.78, 5) is 0. The molecule has 0 radical (unpaired) electrons. The predicted molar refractivity (Wildman–Crippen MR) is 64.2 cm³/mol. The third kappa shape index (κ3) is 2.71. The largest absolute Gasteiger partial charge is 0.320 e. The van der Waals surface area contributed by atoms with Crippen LogP contribution in [0.2, 0.25) is 0 Å². The first kappa shape index (κ1) is 11.8. The molecule has 1 N–H and O–H groups in total. The van der Waals surface area contributed by atoms with Gasteiger partial charge in [-0.25, -0.2) is 0 Å². The summed E-state index contributed by atoms with van der Waals surface area (Å²) in [6.07, 6.45) is 5.67. The number of aryl methyl sites for hydroxylation is 2. The van der Waals surface area contributed by atoms with Crippen molar-refractivity contribution in [3.05, 3.63) is 30.1 Å². The molecule has 0 aliphatic heterocycles. The lowest BCUT2D eigenvalue weighted by Crippen LogP contribution is -2.19. The monoisotopic (exact) mass is 234 g/mol. The van der Waals surface area contributed by atoms with Gasteiger partial charge in [0.25, 0.3) is 0 Å². The molecule has 0 saturated heterocycles. The van der Waals surface area contributed by atoms with Crippen molar-refractivity contribution < 1.29 is 0 Å². The van der Waals surface area contributed by atoms with E-state index in [2.05, 4.69) is 40.7 Å². The van der Waals surface area contributed by atoms with E-state index < -0.39 is 0 Å². The fourth-order valence-electron chi connectivity index (χ4n) is 1.61. The molecule has 1 atom stereocenters. The van der Waals surface area contributed by atoms with Crippen molar-refractivity contribution in [2.24, 2.45) is 7.05 Å². The fourth-order valence-corrected chi connectivity index (χ4v) is 1.61. The van der Waals surface area contributed by atoms with Crippen LogP contribution in [0.15, 0.2) is 18.7 Å². The van der Waals surface area contributed by atoms with E-state index in [1.54, 1.807) is 6.33 Å². The standard InChI is InChI=1S/C11H18N6/c1-4-17-7-10(5-14-17)9(2)12-6-11-15-13-8-16(11)3/h5,7-9,12H,4,6H2,1-3H3. The van der Waals surface area contributed by atoms with Crippen molar-refractivity contribution in [2.45, 2.75) is 33.0 Å². The van der Waals surface area contributed by atoms with Crippen LogP contribution in [0, 0.1) is 0 Å². The van der Waals surface area contributed by atoms with Crippen molar-refractivity contribution in [2.75, 3.05) is 0 Å². The van der Waals surface area contributed by atoms with Crippen molar-refractivity contribution in [3.8, 4) is 0 Å². The average Bonchev–Trinajstić information content (AvgIpc) is 2.94. The van der Waals surface area contributed by atoms with Gasteiger partial charge in [0.05, 0.1) is 12.7 Å². The van der Waals surface area contributed by atoms with Gasteiger partial charge in [-0.15, -0.1) is 10.2 Å². The van der Waals surface area contributed by atoms with E-state index in [4.69, 9.17) is 0 Å². The fraction of sp³-hybridized carbons (Fsp3) is 0.545. The molecule has 0 saturated carbocycles. The minimum atomic E-state index is 0.256. The van der Waals surface area contributed by atoms with Gasteiger partial charge in [-0.3, -0.25) is 4.68 Å². The Morgan fingerprint density at radius 2 is 2.29 bits per heavy atom. The minimum Gasteiger partial charge on any atom is -0.320 e. The molecule has 6 heteroatoms. The van der Waals surface area contributed by atoms with Gasteiger partial charge in [-0.05, 0) is 13.8 Å². The number of hydrogen-bond donors (Lipinski definition) is 1. The maximum atomic E-state index is 4.26. The van der Waals surface area contributed by atoms with Crippen molar-refractivity contribution in [1.82, 2.24) is 29.9 Å². The first-order chi connectivity index (χ1) is 8.20. The molecule has 2 rings (SSSR count). The summed E-state index contributed by atoms with van der Waals surface area (Å²) in [5.41, 5.74) is 1.19. The van der Waals surface area contributed by atoms with Gasteiger partial charge in [-0.2, -0.15) is 5.10 Å². The Morgan fingerprint density at radius 3 is 2.88 bits per heavy atom. The van der Waals surface area contributed by atoms with E-state index >= 15 is 0 Å². The highest BCUT2D eigenvalue weighted by molar-refractivity contribution is 5.09. The molecule has 0 aliphatic carbocycles. The van der Waals surface area contributed by atoms with Crippen LogP contribution < -0.4 is 5.32 Å². The van der Waals surface area contributed by atoms with Crippen LogP contribution in [-0.2, 0) is 20.1 Å². The van der Waals surface area contributed by atoms with Crippen LogP contribution in [0.1, 0.15) is 31.3 Å². The second-order valence-corrected chi connectivity index (χ2v) is 4.09. The second kappa shape index (κ2) is 5.09. The first-order valence-corrected chi connectivity index (χ1v) is 5.79. The van der Waals surface area contributed by atoms with Crippen molar-refractivity contribution >= 4 is 0 Å². The summed E-state index contributed by atoms with van der Waals surface area (Å²) >= 11 is 0. The molecule has 6 nitrogen and oxygen atoms in total. The zero-order valence-corrected chi connectivity index (χ0v) is 10.5. The Kier molecular flexibility index (Phi) is 3.53. The number of aromatic nitrogens is 5. The van der Waals surface area contributed by atoms with Gasteiger partial charge in [0.15, 0.2) is 0 Å². The molecule has 2 heterocycles. The highest BCUT2D eigenvalue weighted by atomic mass is 15.3. The lowest BCUT2D eigenvalue weighted by molar-refractivity contribution is 0.547. The van der Waals surface area contributed by atoms with Crippen LogP contribution in [0.5, 0.6) is 0 Å². The average molecular weight is 234 g/mol. The zero-order valence-electron chi connectivity index (χ0n) is 10.5. The Balaban J connectivity index is 1.93. The Hall–Kier alpha value is -1.69. The summed E-state index contributed by atoms with van der Waals surface area (Å²) in [5.74, 6) is 0.930. The van der Waals surface area contributed by atoms with E-state index in [1.807, 2.05) is 22.5 Å². The summed E-state index contributed by atoms with van der Waals surface area (Å²) in [7, 11) is 1.94. The molecular weight excluding hydrogens is 216 g/mol. The second-order valence-electron chi connectivity index (χ2n) is 4.09. The Bertz CT molecular complexity index is 472. The third-order valence-electron chi connectivity index (χ3n) is 2.85. The molecule has 0 bridgehead atoms. The number of nitrogens with one attached hydrogen (secondary N) is 1. The van der Waals surface area contributed by atoms with Gasteiger partial charge in [0, 0.05) is 31.4 Å². The molecule has 17 heavy (non-hydrogen) atoms. The molecule has 0 spiro atoms. The van der Waals surface area contributed by atoms with E-state index in [1.165, 1.54) is 5.56 Å². The Morgan fingerprint density at radius 1 is 1.47 bits per heavy atom. The van der Waals surface area contributed by atoms with E-state index in [-0.39, 0.29) is 6.04 Å². The van der Waals surface area contributed by atoms with E-state index in [0.717, 1.165) is 12.4 Å². The van der Waals surface area contributed by atoms with Crippen LogP contribution in [0.3, 0.4) is 0 Å². The van der Waals surface area contributed by atoms with Crippen molar-refractivity contribution in [1.29, 1.82) is 0 Å². The summed E-state index contributed by atoms with van der Waals surface area (Å²) in [6.45, 7) is 5.80. The maximum Gasteiger partial charge on any atom is 0.146 e. The highest BCUT2D eigenvalue weighted by Gasteiger charge is 2.08. The lowest BCUT2D eigenvalue weighted by Gasteiger charge is -2.11. The van der Waals surface area contributed by atoms with Crippen molar-refractivity contribution in [3.63, 3.8) is 0 Å².